The van der Waals surface area contributed by atoms with Crippen molar-refractivity contribution in [1.82, 2.24) is 10.4 Å². The second-order valence-corrected chi connectivity index (χ2v) is 6.07. The molecule has 0 saturated carbocycles. The van der Waals surface area contributed by atoms with Gasteiger partial charge in [0.2, 0.25) is 0 Å². The molecule has 8 heteroatoms. The predicted molar refractivity (Wildman–Crippen MR) is 94.5 cm³/mol. The molecule has 0 aliphatic carbocycles. The number of aryl methyl sites for hydroxylation is 1. The van der Waals surface area contributed by atoms with Gasteiger partial charge in [-0.2, -0.15) is 18.3 Å². The molecule has 1 heterocycles. The summed E-state index contributed by atoms with van der Waals surface area (Å²) in [6.07, 6.45) is -3.12. The van der Waals surface area contributed by atoms with Crippen LogP contribution in [0.1, 0.15) is 27.2 Å². The third-order valence-electron chi connectivity index (χ3n) is 3.87. The van der Waals surface area contributed by atoms with Gasteiger partial charge in [-0.3, -0.25) is 4.79 Å². The fourth-order valence-electron chi connectivity index (χ4n) is 2.51. The number of rotatable bonds is 3. The lowest BCUT2D eigenvalue weighted by Gasteiger charge is -2.05. The minimum Gasteiger partial charge on any atom is -0.350 e. The van der Waals surface area contributed by atoms with E-state index in [4.69, 9.17) is 11.6 Å². The molecule has 4 nitrogen and oxygen atoms in total. The van der Waals surface area contributed by atoms with Gasteiger partial charge in [-0.15, -0.1) is 0 Å². The quantitative estimate of drug-likeness (QED) is 0.493. The summed E-state index contributed by atoms with van der Waals surface area (Å²) in [7, 11) is 0. The van der Waals surface area contributed by atoms with Gasteiger partial charge in [-0.1, -0.05) is 23.7 Å². The summed E-state index contributed by atoms with van der Waals surface area (Å²) in [5.41, 5.74) is 3.87. The zero-order valence-electron chi connectivity index (χ0n) is 13.5. The van der Waals surface area contributed by atoms with Gasteiger partial charge in [0.1, 0.15) is 5.69 Å². The minimum atomic E-state index is -4.39. The van der Waals surface area contributed by atoms with Gasteiger partial charge in [0, 0.05) is 15.9 Å². The Morgan fingerprint density at radius 3 is 2.54 bits per heavy atom. The first-order valence-corrected chi connectivity index (χ1v) is 7.92. The maximum absolute atomic E-state index is 12.5. The predicted octanol–water partition coefficient (Wildman–Crippen LogP) is 4.91. The third kappa shape index (κ3) is 3.72. The topological polar surface area (TPSA) is 57.2 Å². The third-order valence-corrected chi connectivity index (χ3v) is 4.10. The lowest BCUT2D eigenvalue weighted by Crippen LogP contribution is -2.19. The molecule has 2 aromatic carbocycles. The molecule has 0 atom stereocenters. The molecule has 0 spiro atoms. The molecular formula is C18H13ClF3N3O. The van der Waals surface area contributed by atoms with E-state index >= 15 is 0 Å². The highest BCUT2D eigenvalue weighted by molar-refractivity contribution is 6.31. The van der Waals surface area contributed by atoms with Gasteiger partial charge < -0.3 is 4.98 Å². The maximum atomic E-state index is 12.5. The Morgan fingerprint density at radius 2 is 1.88 bits per heavy atom. The number of aromatic amines is 1. The van der Waals surface area contributed by atoms with Crippen LogP contribution in [-0.4, -0.2) is 17.1 Å². The molecule has 0 radical (unpaired) electrons. The fourth-order valence-corrected chi connectivity index (χ4v) is 2.68. The Kier molecular flexibility index (Phi) is 4.73. The molecular weight excluding hydrogens is 367 g/mol. The van der Waals surface area contributed by atoms with E-state index in [-0.39, 0.29) is 0 Å². The molecule has 3 rings (SSSR count). The monoisotopic (exact) mass is 379 g/mol. The van der Waals surface area contributed by atoms with E-state index in [0.717, 1.165) is 28.6 Å². The van der Waals surface area contributed by atoms with Gasteiger partial charge in [-0.25, -0.2) is 5.43 Å². The average Bonchev–Trinajstić information content (AvgIpc) is 2.91. The summed E-state index contributed by atoms with van der Waals surface area (Å²) in [5.74, 6) is -0.460. The van der Waals surface area contributed by atoms with Gasteiger partial charge in [0.25, 0.3) is 5.91 Å². The number of aromatic nitrogens is 1. The molecule has 1 amide bonds. The summed E-state index contributed by atoms with van der Waals surface area (Å²) in [6, 6.07) is 9.69. The van der Waals surface area contributed by atoms with Crippen LogP contribution in [0.3, 0.4) is 0 Å². The standard InChI is InChI=1S/C18H13ClF3N3O/c1-10-14-8-13(19)6-7-15(14)24-16(10)17(26)25-23-9-11-2-4-12(5-3-11)18(20,21)22/h2-9,24H,1H3,(H,25,26). The molecule has 0 aliphatic heterocycles. The van der Waals surface area contributed by atoms with Crippen LogP contribution in [0.25, 0.3) is 10.9 Å². The molecule has 26 heavy (non-hydrogen) atoms. The number of hydrogen-bond donors (Lipinski definition) is 2. The summed E-state index contributed by atoms with van der Waals surface area (Å²) in [6.45, 7) is 1.78. The Bertz CT molecular complexity index is 991. The molecule has 3 aromatic rings. The Labute approximate surface area is 151 Å². The molecule has 2 N–H and O–H groups in total. The minimum absolute atomic E-state index is 0.340. The summed E-state index contributed by atoms with van der Waals surface area (Å²) in [5, 5.41) is 5.18. The Morgan fingerprint density at radius 1 is 1.19 bits per heavy atom. The van der Waals surface area contributed by atoms with Crippen LogP contribution in [0.5, 0.6) is 0 Å². The lowest BCUT2D eigenvalue weighted by molar-refractivity contribution is -0.137. The highest BCUT2D eigenvalue weighted by atomic mass is 35.5. The largest absolute Gasteiger partial charge is 0.416 e. The second kappa shape index (κ2) is 6.84. The molecule has 0 fully saturated rings. The summed E-state index contributed by atoms with van der Waals surface area (Å²) in [4.78, 5) is 15.3. The molecule has 0 unspecified atom stereocenters. The number of hydrogen-bond acceptors (Lipinski definition) is 2. The number of nitrogens with zero attached hydrogens (tertiary/aromatic N) is 1. The van der Waals surface area contributed by atoms with E-state index in [9.17, 15) is 18.0 Å². The lowest BCUT2D eigenvalue weighted by atomic mass is 10.1. The molecule has 0 aliphatic rings. The van der Waals surface area contributed by atoms with Crippen molar-refractivity contribution in [2.45, 2.75) is 13.1 Å². The van der Waals surface area contributed by atoms with E-state index in [1.54, 1.807) is 25.1 Å². The fraction of sp³-hybridized carbons (Fsp3) is 0.111. The van der Waals surface area contributed by atoms with E-state index in [0.29, 0.717) is 16.3 Å². The maximum Gasteiger partial charge on any atom is 0.416 e. The van der Waals surface area contributed by atoms with Crippen molar-refractivity contribution in [2.75, 3.05) is 0 Å². The first kappa shape index (κ1) is 18.0. The van der Waals surface area contributed by atoms with Crippen LogP contribution in [-0.2, 0) is 6.18 Å². The number of halogens is 4. The van der Waals surface area contributed by atoms with E-state index < -0.39 is 17.6 Å². The van der Waals surface area contributed by atoms with Crippen molar-refractivity contribution in [3.05, 3.63) is 69.9 Å². The highest BCUT2D eigenvalue weighted by Crippen LogP contribution is 2.29. The average molecular weight is 380 g/mol. The normalized spacial score (nSPS) is 12.0. The number of amides is 1. The number of H-pyrrole nitrogens is 1. The summed E-state index contributed by atoms with van der Waals surface area (Å²) >= 11 is 5.96. The number of carbonyl (C=O) groups is 1. The van der Waals surface area contributed by atoms with Crippen LogP contribution < -0.4 is 5.43 Å². The number of benzene rings is 2. The number of carbonyl (C=O) groups excluding carboxylic acids is 1. The van der Waals surface area contributed by atoms with Crippen LogP contribution >= 0.6 is 11.6 Å². The zero-order chi connectivity index (χ0) is 18.9. The Balaban J connectivity index is 1.73. The van der Waals surface area contributed by atoms with Crippen LogP contribution in [0.4, 0.5) is 13.2 Å². The van der Waals surface area contributed by atoms with E-state index in [1.807, 2.05) is 0 Å². The van der Waals surface area contributed by atoms with Crippen molar-refractivity contribution in [1.29, 1.82) is 0 Å². The number of alkyl halides is 3. The smallest absolute Gasteiger partial charge is 0.350 e. The van der Waals surface area contributed by atoms with E-state index in [2.05, 4.69) is 15.5 Å². The van der Waals surface area contributed by atoms with Crippen molar-refractivity contribution >= 4 is 34.6 Å². The molecule has 0 bridgehead atoms. The molecule has 0 saturated heterocycles. The van der Waals surface area contributed by atoms with Crippen molar-refractivity contribution in [3.8, 4) is 0 Å². The van der Waals surface area contributed by atoms with Crippen molar-refractivity contribution in [3.63, 3.8) is 0 Å². The van der Waals surface area contributed by atoms with Crippen molar-refractivity contribution < 1.29 is 18.0 Å². The molecule has 134 valence electrons. The van der Waals surface area contributed by atoms with Crippen molar-refractivity contribution in [2.24, 2.45) is 5.10 Å². The number of nitrogens with one attached hydrogen (secondary N) is 2. The number of fused-ring (bicyclic) bond motifs is 1. The van der Waals surface area contributed by atoms with Gasteiger partial charge in [0.15, 0.2) is 0 Å². The van der Waals surface area contributed by atoms with Gasteiger partial charge in [-0.05, 0) is 48.4 Å². The van der Waals surface area contributed by atoms with Crippen LogP contribution in [0, 0.1) is 6.92 Å². The summed E-state index contributed by atoms with van der Waals surface area (Å²) < 4.78 is 37.5. The van der Waals surface area contributed by atoms with Crippen LogP contribution in [0.2, 0.25) is 5.02 Å². The Hall–Kier alpha value is -2.80. The first-order chi connectivity index (χ1) is 12.3. The molecule has 1 aromatic heterocycles. The van der Waals surface area contributed by atoms with E-state index in [1.165, 1.54) is 18.3 Å². The highest BCUT2D eigenvalue weighted by Gasteiger charge is 2.29. The SMILES string of the molecule is Cc1c(C(=O)NN=Cc2ccc(C(F)(F)F)cc2)[nH]c2ccc(Cl)cc12. The van der Waals surface area contributed by atoms with Crippen LogP contribution in [0.15, 0.2) is 47.6 Å². The number of hydrazone groups is 1. The first-order valence-electron chi connectivity index (χ1n) is 7.54. The van der Waals surface area contributed by atoms with Gasteiger partial charge >= 0.3 is 6.18 Å². The second-order valence-electron chi connectivity index (χ2n) is 5.63. The zero-order valence-corrected chi connectivity index (χ0v) is 14.2. The van der Waals surface area contributed by atoms with Gasteiger partial charge in [0.05, 0.1) is 11.8 Å².